The number of urea groups is 1. The van der Waals surface area contributed by atoms with Crippen LogP contribution in [-0.4, -0.2) is 44.2 Å². The van der Waals surface area contributed by atoms with Crippen molar-refractivity contribution in [1.29, 1.82) is 0 Å². The highest BCUT2D eigenvalue weighted by molar-refractivity contribution is 5.91. The third-order valence-corrected chi connectivity index (χ3v) is 2.36. The molecule has 0 saturated heterocycles. The van der Waals surface area contributed by atoms with E-state index in [-0.39, 0.29) is 12.6 Å². The van der Waals surface area contributed by atoms with Gasteiger partial charge in [0.25, 0.3) is 0 Å². The number of carbonyl (C=O) groups excluding carboxylic acids is 2. The number of carbonyl (C=O) groups is 2. The number of hydrogen-bond acceptors (Lipinski definition) is 4. The van der Waals surface area contributed by atoms with E-state index in [1.54, 1.807) is 38.3 Å². The van der Waals surface area contributed by atoms with Gasteiger partial charge in [-0.15, -0.1) is 0 Å². The summed E-state index contributed by atoms with van der Waals surface area (Å²) in [6, 6.07) is 6.53. The molecule has 0 radical (unpaired) electrons. The molecule has 104 valence electrons. The Morgan fingerprint density at radius 1 is 1.26 bits per heavy atom. The average Bonchev–Trinajstić information content (AvgIpc) is 2.39. The number of ether oxygens (including phenoxy) is 2. The van der Waals surface area contributed by atoms with Gasteiger partial charge in [0.1, 0.15) is 12.3 Å². The van der Waals surface area contributed by atoms with E-state index in [2.05, 4.69) is 5.32 Å². The van der Waals surface area contributed by atoms with Gasteiger partial charge in [-0.1, -0.05) is 0 Å². The van der Waals surface area contributed by atoms with Gasteiger partial charge < -0.3 is 19.7 Å². The van der Waals surface area contributed by atoms with Gasteiger partial charge in [-0.25, -0.2) is 4.79 Å². The van der Waals surface area contributed by atoms with Crippen LogP contribution in [0.25, 0.3) is 0 Å². The van der Waals surface area contributed by atoms with E-state index in [1.807, 2.05) is 0 Å². The molecule has 1 rings (SSSR count). The van der Waals surface area contributed by atoms with E-state index in [0.29, 0.717) is 18.0 Å². The molecule has 2 amide bonds. The number of benzene rings is 1. The summed E-state index contributed by atoms with van der Waals surface area (Å²) < 4.78 is 9.78. The molecule has 0 saturated carbocycles. The van der Waals surface area contributed by atoms with Crippen LogP contribution < -0.4 is 10.1 Å². The zero-order valence-corrected chi connectivity index (χ0v) is 11.3. The normalized spacial score (nSPS) is 9.63. The summed E-state index contributed by atoms with van der Waals surface area (Å²) in [5, 5.41) is 2.66. The molecular weight excluding hydrogens is 248 g/mol. The molecule has 0 spiro atoms. The van der Waals surface area contributed by atoms with Gasteiger partial charge in [0.05, 0.1) is 13.7 Å². The summed E-state index contributed by atoms with van der Waals surface area (Å²) >= 11 is 0. The smallest absolute Gasteiger partial charge is 0.325 e. The number of nitrogens with one attached hydrogen (secondary N) is 1. The highest BCUT2D eigenvalue weighted by atomic mass is 16.5. The van der Waals surface area contributed by atoms with Crippen molar-refractivity contribution in [2.75, 3.05) is 32.6 Å². The van der Waals surface area contributed by atoms with Crippen LogP contribution in [0.3, 0.4) is 0 Å². The highest BCUT2D eigenvalue weighted by Crippen LogP contribution is 2.15. The first kappa shape index (κ1) is 14.8. The van der Waals surface area contributed by atoms with Crippen molar-refractivity contribution in [3.63, 3.8) is 0 Å². The zero-order valence-electron chi connectivity index (χ0n) is 11.3. The Morgan fingerprint density at radius 2 is 1.89 bits per heavy atom. The Hall–Kier alpha value is -2.24. The topological polar surface area (TPSA) is 67.9 Å². The quantitative estimate of drug-likeness (QED) is 0.824. The summed E-state index contributed by atoms with van der Waals surface area (Å²) in [4.78, 5) is 24.3. The molecule has 6 nitrogen and oxygen atoms in total. The largest absolute Gasteiger partial charge is 0.497 e. The fraction of sp³-hybridized carbons (Fsp3) is 0.385. The number of hydrogen-bond donors (Lipinski definition) is 1. The predicted octanol–water partition coefficient (Wildman–Crippen LogP) is 1.72. The molecule has 0 atom stereocenters. The molecular formula is C13H18N2O4. The van der Waals surface area contributed by atoms with E-state index in [4.69, 9.17) is 9.47 Å². The standard InChI is InChI=1S/C13H18N2O4/c1-4-19-12(16)9-15(2)13(17)14-10-5-7-11(18-3)8-6-10/h5-8H,4,9H2,1-3H3,(H,14,17). The fourth-order valence-corrected chi connectivity index (χ4v) is 1.37. The molecule has 0 aliphatic carbocycles. The van der Waals surface area contributed by atoms with Crippen LogP contribution in [-0.2, 0) is 9.53 Å². The Kier molecular flexibility index (Phi) is 5.66. The molecule has 1 aromatic rings. The summed E-state index contributed by atoms with van der Waals surface area (Å²) in [6.07, 6.45) is 0. The Bertz CT molecular complexity index is 431. The first-order chi connectivity index (χ1) is 9.06. The molecule has 0 aliphatic rings. The van der Waals surface area contributed by atoms with Crippen molar-refractivity contribution in [2.24, 2.45) is 0 Å². The third-order valence-electron chi connectivity index (χ3n) is 2.36. The van der Waals surface area contributed by atoms with E-state index < -0.39 is 5.97 Å². The average molecular weight is 266 g/mol. The molecule has 0 unspecified atom stereocenters. The lowest BCUT2D eigenvalue weighted by Gasteiger charge is -2.17. The maximum atomic E-state index is 11.8. The van der Waals surface area contributed by atoms with Crippen LogP contribution in [0.1, 0.15) is 6.92 Å². The zero-order chi connectivity index (χ0) is 14.3. The number of anilines is 1. The maximum absolute atomic E-state index is 11.8. The second-order valence-corrected chi connectivity index (χ2v) is 3.82. The van der Waals surface area contributed by atoms with E-state index in [0.717, 1.165) is 0 Å². The lowest BCUT2D eigenvalue weighted by atomic mass is 10.3. The second-order valence-electron chi connectivity index (χ2n) is 3.82. The molecule has 6 heteroatoms. The Balaban J connectivity index is 2.51. The fourth-order valence-electron chi connectivity index (χ4n) is 1.37. The van der Waals surface area contributed by atoms with Crippen LogP contribution in [0, 0.1) is 0 Å². The van der Waals surface area contributed by atoms with Crippen LogP contribution in [0.15, 0.2) is 24.3 Å². The number of esters is 1. The molecule has 19 heavy (non-hydrogen) atoms. The number of likely N-dealkylation sites (N-methyl/N-ethyl adjacent to an activating group) is 1. The van der Waals surface area contributed by atoms with Crippen LogP contribution >= 0.6 is 0 Å². The van der Waals surface area contributed by atoms with E-state index in [9.17, 15) is 9.59 Å². The van der Waals surface area contributed by atoms with Gasteiger partial charge in [0, 0.05) is 12.7 Å². The van der Waals surface area contributed by atoms with Crippen LogP contribution in [0.2, 0.25) is 0 Å². The molecule has 1 aromatic carbocycles. The van der Waals surface area contributed by atoms with Crippen molar-refractivity contribution < 1.29 is 19.1 Å². The van der Waals surface area contributed by atoms with Crippen LogP contribution in [0.4, 0.5) is 10.5 Å². The summed E-state index contributed by atoms with van der Waals surface area (Å²) in [7, 11) is 3.09. The monoisotopic (exact) mass is 266 g/mol. The lowest BCUT2D eigenvalue weighted by Crippen LogP contribution is -2.36. The second kappa shape index (κ2) is 7.25. The van der Waals surface area contributed by atoms with Gasteiger partial charge in [-0.3, -0.25) is 4.79 Å². The van der Waals surface area contributed by atoms with Gasteiger partial charge in [-0.05, 0) is 31.2 Å². The van der Waals surface area contributed by atoms with Crippen molar-refractivity contribution >= 4 is 17.7 Å². The summed E-state index contributed by atoms with van der Waals surface area (Å²) in [5.41, 5.74) is 0.626. The minimum absolute atomic E-state index is 0.0875. The van der Waals surface area contributed by atoms with Gasteiger partial charge in [0.15, 0.2) is 0 Å². The molecule has 0 fully saturated rings. The number of methoxy groups -OCH3 is 1. The van der Waals surface area contributed by atoms with Crippen molar-refractivity contribution in [3.05, 3.63) is 24.3 Å². The Labute approximate surface area is 112 Å². The first-order valence-corrected chi connectivity index (χ1v) is 5.88. The summed E-state index contributed by atoms with van der Waals surface area (Å²) in [6.45, 7) is 1.93. The SMILES string of the molecule is CCOC(=O)CN(C)C(=O)Nc1ccc(OC)cc1. The van der Waals surface area contributed by atoms with Gasteiger partial charge in [-0.2, -0.15) is 0 Å². The first-order valence-electron chi connectivity index (χ1n) is 5.88. The molecule has 0 aliphatic heterocycles. The number of amides is 2. The summed E-state index contributed by atoms with van der Waals surface area (Å²) in [5.74, 6) is 0.271. The third kappa shape index (κ3) is 4.87. The lowest BCUT2D eigenvalue weighted by molar-refractivity contribution is -0.143. The van der Waals surface area contributed by atoms with Gasteiger partial charge in [0.2, 0.25) is 0 Å². The van der Waals surface area contributed by atoms with E-state index >= 15 is 0 Å². The Morgan fingerprint density at radius 3 is 2.42 bits per heavy atom. The predicted molar refractivity (Wildman–Crippen MR) is 71.3 cm³/mol. The minimum Gasteiger partial charge on any atom is -0.497 e. The van der Waals surface area contributed by atoms with Crippen LogP contribution in [0.5, 0.6) is 5.75 Å². The number of rotatable bonds is 5. The molecule has 1 N–H and O–H groups in total. The molecule has 0 aromatic heterocycles. The van der Waals surface area contributed by atoms with Gasteiger partial charge >= 0.3 is 12.0 Å². The minimum atomic E-state index is -0.435. The van der Waals surface area contributed by atoms with Crippen molar-refractivity contribution in [1.82, 2.24) is 4.90 Å². The molecule has 0 heterocycles. The highest BCUT2D eigenvalue weighted by Gasteiger charge is 2.13. The van der Waals surface area contributed by atoms with Crippen molar-refractivity contribution in [3.8, 4) is 5.75 Å². The van der Waals surface area contributed by atoms with E-state index in [1.165, 1.54) is 11.9 Å². The maximum Gasteiger partial charge on any atom is 0.325 e. The van der Waals surface area contributed by atoms with Crippen molar-refractivity contribution in [2.45, 2.75) is 6.92 Å². The number of nitrogens with zero attached hydrogens (tertiary/aromatic N) is 1. The molecule has 0 bridgehead atoms.